The van der Waals surface area contributed by atoms with E-state index in [-0.39, 0.29) is 0 Å². The van der Waals surface area contributed by atoms with E-state index in [4.69, 9.17) is 0 Å². The van der Waals surface area contributed by atoms with Crippen molar-refractivity contribution in [3.05, 3.63) is 42.2 Å². The highest BCUT2D eigenvalue weighted by atomic mass is 15.4. The summed E-state index contributed by atoms with van der Waals surface area (Å²) in [5, 5.41) is 0. The second kappa shape index (κ2) is 2.61. The van der Waals surface area contributed by atoms with E-state index in [1.165, 1.54) is 11.3 Å². The minimum absolute atomic E-state index is 0.786. The summed E-state index contributed by atoms with van der Waals surface area (Å²) < 4.78 is 0. The Balaban J connectivity index is 2.13. The third-order valence-corrected chi connectivity index (χ3v) is 2.61. The second-order valence-electron chi connectivity index (χ2n) is 3.52. The van der Waals surface area contributed by atoms with Gasteiger partial charge in [0.25, 0.3) is 0 Å². The number of aliphatic imine (C=N–C) groups is 1. The molecule has 3 rings (SSSR count). The van der Waals surface area contributed by atoms with Gasteiger partial charge in [0.2, 0.25) is 5.96 Å². The van der Waals surface area contributed by atoms with Gasteiger partial charge in [0.1, 0.15) is 0 Å². The van der Waals surface area contributed by atoms with E-state index in [9.17, 15) is 0 Å². The molecule has 0 fully saturated rings. The van der Waals surface area contributed by atoms with Crippen molar-refractivity contribution < 1.29 is 0 Å². The first kappa shape index (κ1) is 7.62. The minimum Gasteiger partial charge on any atom is -0.320 e. The van der Waals surface area contributed by atoms with Crippen molar-refractivity contribution >= 4 is 11.6 Å². The summed E-state index contributed by atoms with van der Waals surface area (Å²) in [6.45, 7) is 0.786. The molecule has 0 spiro atoms. The lowest BCUT2D eigenvalue weighted by molar-refractivity contribution is 0.687. The number of para-hydroxylation sites is 1. The Morgan fingerprint density at radius 2 is 2.07 bits per heavy atom. The molecule has 14 heavy (non-hydrogen) atoms. The Kier molecular flexibility index (Phi) is 1.42. The summed E-state index contributed by atoms with van der Waals surface area (Å²) in [4.78, 5) is 8.68. The minimum atomic E-state index is 0.786. The van der Waals surface area contributed by atoms with Gasteiger partial charge in [-0.05, 0) is 11.6 Å². The van der Waals surface area contributed by atoms with Crippen molar-refractivity contribution in [2.75, 3.05) is 11.9 Å². The molecule has 1 aromatic carbocycles. The van der Waals surface area contributed by atoms with Crippen LogP contribution in [0.5, 0.6) is 0 Å². The van der Waals surface area contributed by atoms with Gasteiger partial charge in [0.05, 0.1) is 12.2 Å². The van der Waals surface area contributed by atoms with Gasteiger partial charge in [0, 0.05) is 19.4 Å². The normalized spacial score (nSPS) is 17.9. The number of hydrogen-bond acceptors (Lipinski definition) is 3. The molecule has 1 aromatic rings. The first-order chi connectivity index (χ1) is 6.86. The second-order valence-corrected chi connectivity index (χ2v) is 3.52. The van der Waals surface area contributed by atoms with Crippen LogP contribution >= 0.6 is 0 Å². The Labute approximate surface area is 83.0 Å². The fourth-order valence-electron chi connectivity index (χ4n) is 1.88. The van der Waals surface area contributed by atoms with E-state index in [0.717, 1.165) is 12.5 Å². The van der Waals surface area contributed by atoms with Gasteiger partial charge in [0.15, 0.2) is 0 Å². The van der Waals surface area contributed by atoms with Gasteiger partial charge >= 0.3 is 0 Å². The predicted molar refractivity (Wildman–Crippen MR) is 57.0 cm³/mol. The zero-order valence-corrected chi connectivity index (χ0v) is 8.01. The van der Waals surface area contributed by atoms with Crippen LogP contribution in [0.2, 0.25) is 0 Å². The zero-order chi connectivity index (χ0) is 9.54. The molecule has 3 heteroatoms. The molecule has 2 aliphatic heterocycles. The molecule has 0 atom stereocenters. The van der Waals surface area contributed by atoms with E-state index in [2.05, 4.69) is 40.4 Å². The van der Waals surface area contributed by atoms with Crippen LogP contribution < -0.4 is 4.90 Å². The number of hydrogen-bond donors (Lipinski definition) is 0. The number of anilines is 1. The summed E-state index contributed by atoms with van der Waals surface area (Å²) in [7, 11) is 2.02. The molecular weight excluding hydrogens is 174 g/mol. The van der Waals surface area contributed by atoms with Crippen LogP contribution in [0, 0.1) is 0 Å². The molecule has 0 saturated heterocycles. The van der Waals surface area contributed by atoms with Gasteiger partial charge in [-0.2, -0.15) is 0 Å². The van der Waals surface area contributed by atoms with Crippen LogP contribution in [-0.4, -0.2) is 17.9 Å². The van der Waals surface area contributed by atoms with Crippen molar-refractivity contribution in [3.8, 4) is 0 Å². The largest absolute Gasteiger partial charge is 0.320 e. The van der Waals surface area contributed by atoms with Gasteiger partial charge in [-0.15, -0.1) is 0 Å². The first-order valence-electron chi connectivity index (χ1n) is 4.69. The molecule has 0 N–H and O–H groups in total. The van der Waals surface area contributed by atoms with Crippen LogP contribution in [0.25, 0.3) is 0 Å². The van der Waals surface area contributed by atoms with Gasteiger partial charge in [-0.3, -0.25) is 4.90 Å². The maximum atomic E-state index is 4.52. The number of rotatable bonds is 0. The van der Waals surface area contributed by atoms with E-state index in [1.807, 2.05) is 18.1 Å². The Hall–Kier alpha value is -1.77. The van der Waals surface area contributed by atoms with Gasteiger partial charge in [-0.1, -0.05) is 18.2 Å². The lowest BCUT2D eigenvalue weighted by atomic mass is 10.1. The van der Waals surface area contributed by atoms with Crippen LogP contribution in [0.1, 0.15) is 5.56 Å². The maximum absolute atomic E-state index is 4.52. The van der Waals surface area contributed by atoms with E-state index >= 15 is 0 Å². The standard InChI is InChI=1S/C11H11N3/c1-13-6-7-14-10-5-3-2-4-9(10)8-12-11(13)14/h2-7H,8H2,1H3. The topological polar surface area (TPSA) is 18.8 Å². The average Bonchev–Trinajstić information content (AvgIpc) is 2.61. The number of nitrogens with zero attached hydrogens (tertiary/aromatic N) is 3. The maximum Gasteiger partial charge on any atom is 0.209 e. The fourth-order valence-corrected chi connectivity index (χ4v) is 1.88. The van der Waals surface area contributed by atoms with Gasteiger partial charge in [-0.25, -0.2) is 4.99 Å². The van der Waals surface area contributed by atoms with Crippen molar-refractivity contribution in [1.82, 2.24) is 4.90 Å². The molecule has 3 nitrogen and oxygen atoms in total. The predicted octanol–water partition coefficient (Wildman–Crippen LogP) is 1.78. The van der Waals surface area contributed by atoms with Crippen molar-refractivity contribution in [1.29, 1.82) is 0 Å². The third kappa shape index (κ3) is 0.894. The van der Waals surface area contributed by atoms with E-state index in [0.29, 0.717) is 0 Å². The molecule has 0 saturated carbocycles. The molecule has 2 heterocycles. The van der Waals surface area contributed by atoms with Gasteiger partial charge < -0.3 is 4.90 Å². The first-order valence-corrected chi connectivity index (χ1v) is 4.69. The molecule has 0 bridgehead atoms. The molecule has 70 valence electrons. The monoisotopic (exact) mass is 185 g/mol. The fraction of sp³-hybridized carbons (Fsp3) is 0.182. The zero-order valence-electron chi connectivity index (χ0n) is 8.01. The highest BCUT2D eigenvalue weighted by molar-refractivity contribution is 6.02. The molecule has 0 radical (unpaired) electrons. The Morgan fingerprint density at radius 1 is 1.21 bits per heavy atom. The summed E-state index contributed by atoms with van der Waals surface area (Å²) in [6, 6.07) is 8.38. The van der Waals surface area contributed by atoms with E-state index < -0.39 is 0 Å². The summed E-state index contributed by atoms with van der Waals surface area (Å²) in [5.41, 5.74) is 2.54. The van der Waals surface area contributed by atoms with Crippen LogP contribution in [-0.2, 0) is 6.54 Å². The SMILES string of the molecule is CN1C=CN2C1=NCc1ccccc12. The number of benzene rings is 1. The Morgan fingerprint density at radius 3 is 3.00 bits per heavy atom. The summed E-state index contributed by atoms with van der Waals surface area (Å²) in [5.74, 6) is 1.02. The molecule has 0 unspecified atom stereocenters. The number of guanidine groups is 1. The van der Waals surface area contributed by atoms with Crippen molar-refractivity contribution in [2.24, 2.45) is 4.99 Å². The summed E-state index contributed by atoms with van der Waals surface area (Å²) >= 11 is 0. The average molecular weight is 185 g/mol. The quantitative estimate of drug-likeness (QED) is 0.613. The lowest BCUT2D eigenvalue weighted by Gasteiger charge is -2.26. The van der Waals surface area contributed by atoms with Crippen molar-refractivity contribution in [2.45, 2.75) is 6.54 Å². The Bertz CT molecular complexity index is 434. The highest BCUT2D eigenvalue weighted by Gasteiger charge is 2.24. The van der Waals surface area contributed by atoms with Crippen LogP contribution in [0.4, 0.5) is 5.69 Å². The molecule has 0 aromatic heterocycles. The van der Waals surface area contributed by atoms with Crippen LogP contribution in [0.15, 0.2) is 41.7 Å². The summed E-state index contributed by atoms with van der Waals surface area (Å²) in [6.07, 6.45) is 4.08. The lowest BCUT2D eigenvalue weighted by Crippen LogP contribution is -2.33. The van der Waals surface area contributed by atoms with E-state index in [1.54, 1.807) is 0 Å². The van der Waals surface area contributed by atoms with Crippen molar-refractivity contribution in [3.63, 3.8) is 0 Å². The third-order valence-electron chi connectivity index (χ3n) is 2.61. The number of fused-ring (bicyclic) bond motifs is 3. The van der Waals surface area contributed by atoms with Crippen LogP contribution in [0.3, 0.4) is 0 Å². The molecule has 0 aliphatic carbocycles. The smallest absolute Gasteiger partial charge is 0.209 e. The molecule has 0 amide bonds. The molecular formula is C11H11N3. The highest BCUT2D eigenvalue weighted by Crippen LogP contribution is 2.29. The molecule has 2 aliphatic rings.